The molecule has 2 aromatic heterocycles. The van der Waals surface area contributed by atoms with E-state index in [-0.39, 0.29) is 76.2 Å². The smallest absolute Gasteiger partial charge is 0.756 e. The molecule has 27 heteroatoms. The number of hydrogen-bond donors (Lipinski definition) is 7. The number of aromatic nitrogens is 4. The summed E-state index contributed by atoms with van der Waals surface area (Å²) in [6.45, 7) is -1.84. The number of amides is 2. The molecule has 0 saturated carbocycles. The van der Waals surface area contributed by atoms with Crippen molar-refractivity contribution in [3.8, 4) is 0 Å². The minimum absolute atomic E-state index is 0. The Hall–Kier alpha value is -0.990. The molecule has 0 aliphatic carbocycles. The average molecular weight is 728 g/mol. The zero-order valence-electron chi connectivity index (χ0n) is 24.2. The molecule has 3 aliphatic rings. The molecule has 0 spiro atoms. The molecule has 2 amide bonds. The number of aliphatic hydroxyl groups is 5. The van der Waals surface area contributed by atoms with E-state index >= 15 is 0 Å². The first-order valence-corrected chi connectivity index (χ1v) is 15.5. The Kier molecular flexibility index (Phi) is 13.3. The van der Waals surface area contributed by atoms with Crippen molar-refractivity contribution in [3.05, 3.63) is 28.8 Å². The third kappa shape index (κ3) is 8.67. The van der Waals surface area contributed by atoms with Gasteiger partial charge in [-0.3, -0.25) is 42.5 Å². The molecule has 5 heterocycles. The molecule has 2 saturated heterocycles. The first-order chi connectivity index (χ1) is 21.0. The van der Waals surface area contributed by atoms with Crippen molar-refractivity contribution in [3.63, 3.8) is 0 Å². The molecule has 47 heavy (non-hydrogen) atoms. The van der Waals surface area contributed by atoms with E-state index in [1.165, 1.54) is 0 Å². The van der Waals surface area contributed by atoms with Crippen molar-refractivity contribution < 1.29 is 136 Å². The molecule has 248 valence electrons. The number of nitrogen functional groups attached to an aromatic ring is 1. The van der Waals surface area contributed by atoms with E-state index in [1.54, 1.807) is 0 Å². The number of nitrogens with one attached hydrogen (secondary N) is 1. The van der Waals surface area contributed by atoms with Crippen molar-refractivity contribution in [1.82, 2.24) is 24.4 Å². The average Bonchev–Trinajstić information content (AvgIpc) is 3.59. The second kappa shape index (κ2) is 15.5. The number of aliphatic hydroxyl groups excluding tert-OH is 5. The predicted octanol–water partition coefficient (Wildman–Crippen LogP) is -12.0. The third-order valence-electron chi connectivity index (χ3n) is 6.82. The van der Waals surface area contributed by atoms with Crippen LogP contribution in [-0.4, -0.2) is 124 Å². The minimum Gasteiger partial charge on any atom is -0.756 e. The summed E-state index contributed by atoms with van der Waals surface area (Å²) < 4.78 is 49.1. The van der Waals surface area contributed by atoms with Crippen LogP contribution in [0.5, 0.6) is 0 Å². The standard InChI is InChI=1S/C20H26N6O17P2.2Na/c21-20-23-16-10(17(34)24-20)22-5-26(16)18-14(32)12(30)7(40-18)4-39-44(35,36)43-45(37,38)42-19-15(33)13(31)11(29)6(41-19)3-25-8(27)1-2-9(25)28;;/h1-2,5-7,11-15,18-19,29-33H,3-4H2,(H,35,36)(H,37,38)(H3,21,23,24,34);;/q;2*+1/p-2. The maximum atomic E-state index is 12.4. The molecule has 0 aromatic carbocycles. The number of nitrogens with two attached hydrogens (primary N) is 1. The van der Waals surface area contributed by atoms with Gasteiger partial charge in [-0.1, -0.05) is 0 Å². The van der Waals surface area contributed by atoms with Gasteiger partial charge in [0.15, 0.2) is 23.7 Å². The quantitative estimate of drug-likeness (QED) is 0.0678. The van der Waals surface area contributed by atoms with Gasteiger partial charge in [-0.15, -0.1) is 0 Å². The summed E-state index contributed by atoms with van der Waals surface area (Å²) in [5.41, 5.74) is 4.45. The van der Waals surface area contributed by atoms with Crippen LogP contribution in [0.25, 0.3) is 11.2 Å². The number of carbonyl (C=O) groups excluding carboxylic acids is 2. The van der Waals surface area contributed by atoms with E-state index in [4.69, 9.17) is 15.2 Å². The fraction of sp³-hybridized carbons (Fsp3) is 0.550. The van der Waals surface area contributed by atoms with Gasteiger partial charge in [0.25, 0.3) is 33.0 Å². The van der Waals surface area contributed by atoms with E-state index in [1.807, 2.05) is 0 Å². The van der Waals surface area contributed by atoms with Gasteiger partial charge in [0.2, 0.25) is 5.95 Å². The van der Waals surface area contributed by atoms with E-state index in [0.717, 1.165) is 23.0 Å². The molecule has 0 radical (unpaired) electrons. The fourth-order valence-corrected chi connectivity index (χ4v) is 6.71. The molecular weight excluding hydrogens is 704 g/mol. The molecule has 11 unspecified atom stereocenters. The number of hydrogen-bond acceptors (Lipinski definition) is 20. The zero-order chi connectivity index (χ0) is 33.0. The maximum absolute atomic E-state index is 12.4. The summed E-state index contributed by atoms with van der Waals surface area (Å²) in [5, 5.41) is 51.3. The maximum Gasteiger partial charge on any atom is 1.00 e. The topological polar surface area (TPSA) is 355 Å². The summed E-state index contributed by atoms with van der Waals surface area (Å²) >= 11 is 0. The van der Waals surface area contributed by atoms with Crippen molar-refractivity contribution in [2.45, 2.75) is 55.2 Å². The fourth-order valence-electron chi connectivity index (χ4n) is 4.63. The first-order valence-electron chi connectivity index (χ1n) is 12.6. The second-order valence-electron chi connectivity index (χ2n) is 9.83. The van der Waals surface area contributed by atoms with Gasteiger partial charge < -0.3 is 55.1 Å². The van der Waals surface area contributed by atoms with Crippen LogP contribution in [0.4, 0.5) is 5.95 Å². The molecule has 3 aliphatic heterocycles. The van der Waals surface area contributed by atoms with Gasteiger partial charge in [0.1, 0.15) is 42.7 Å². The summed E-state index contributed by atoms with van der Waals surface area (Å²) in [6, 6.07) is 0. The summed E-state index contributed by atoms with van der Waals surface area (Å²) in [4.78, 5) is 70.8. The molecule has 11 atom stereocenters. The van der Waals surface area contributed by atoms with Crippen molar-refractivity contribution in [2.24, 2.45) is 0 Å². The summed E-state index contributed by atoms with van der Waals surface area (Å²) in [6.07, 6.45) is -14.4. The van der Waals surface area contributed by atoms with E-state index in [2.05, 4.69) is 28.3 Å². The Morgan fingerprint density at radius 2 is 1.53 bits per heavy atom. The predicted molar refractivity (Wildman–Crippen MR) is 134 cm³/mol. The number of H-pyrrole nitrogens is 1. The largest absolute Gasteiger partial charge is 1.00 e. The summed E-state index contributed by atoms with van der Waals surface area (Å²) in [7, 11) is -11.9. The molecule has 5 rings (SSSR count). The molecule has 23 nitrogen and oxygen atoms in total. The first kappa shape index (κ1) is 40.4. The number of phosphoric acid groups is 2. The molecule has 2 fully saturated rings. The van der Waals surface area contributed by atoms with Gasteiger partial charge in [-0.2, -0.15) is 4.98 Å². The van der Waals surface area contributed by atoms with Gasteiger partial charge in [-0.25, -0.2) is 9.29 Å². The SMILES string of the molecule is Nc1nc2c(ncn2C2OC(COP(=O)([O-])OP(=O)([O-])OC3OC(CN4C(=O)C=CC4=O)C(O)C(O)C3O)C(O)C2O)c(=O)[nH]1.[Na+].[Na+]. The Labute approximate surface area is 306 Å². The van der Waals surface area contributed by atoms with Crippen LogP contribution >= 0.6 is 15.6 Å². The number of nitrogens with zero attached hydrogens (tertiary/aromatic N) is 4. The van der Waals surface area contributed by atoms with Crippen LogP contribution < -0.4 is 80.2 Å². The number of phosphoric ester groups is 2. The van der Waals surface area contributed by atoms with Crippen molar-refractivity contribution in [1.29, 1.82) is 0 Å². The Balaban J connectivity index is 0.00000300. The second-order valence-corrected chi connectivity index (χ2v) is 12.7. The number of rotatable bonds is 10. The van der Waals surface area contributed by atoms with Crippen LogP contribution in [-0.2, 0) is 41.6 Å². The molecule has 8 N–H and O–H groups in total. The molecular formula is C20H24N6Na2O17P2. The van der Waals surface area contributed by atoms with Gasteiger partial charge >= 0.3 is 59.1 Å². The number of imide groups is 1. The number of ether oxygens (including phenoxy) is 2. The number of fused-ring (bicyclic) bond motifs is 1. The van der Waals surface area contributed by atoms with Crippen LogP contribution in [0, 0.1) is 0 Å². The molecule has 2 aromatic rings. The van der Waals surface area contributed by atoms with E-state index in [9.17, 15) is 58.8 Å². The van der Waals surface area contributed by atoms with Crippen LogP contribution in [0.15, 0.2) is 23.3 Å². The number of imidazole rings is 1. The minimum atomic E-state index is -6.04. The van der Waals surface area contributed by atoms with E-state index in [0.29, 0.717) is 4.90 Å². The Morgan fingerprint density at radius 1 is 0.915 bits per heavy atom. The third-order valence-corrected chi connectivity index (χ3v) is 9.35. The van der Waals surface area contributed by atoms with E-state index < -0.39 is 101 Å². The summed E-state index contributed by atoms with van der Waals surface area (Å²) in [5.74, 6) is -1.94. The zero-order valence-corrected chi connectivity index (χ0v) is 30.0. The van der Waals surface area contributed by atoms with Gasteiger partial charge in [0, 0.05) is 12.2 Å². The van der Waals surface area contributed by atoms with Gasteiger partial charge in [-0.05, 0) is 0 Å². The van der Waals surface area contributed by atoms with Crippen LogP contribution in [0.2, 0.25) is 0 Å². The number of aromatic amines is 1. The van der Waals surface area contributed by atoms with Crippen molar-refractivity contribution in [2.75, 3.05) is 18.9 Å². The normalized spacial score (nSPS) is 33.3. The van der Waals surface area contributed by atoms with Gasteiger partial charge in [0.05, 0.1) is 19.5 Å². The number of anilines is 1. The monoisotopic (exact) mass is 728 g/mol. The molecule has 0 bridgehead atoms. The van der Waals surface area contributed by atoms with Crippen LogP contribution in [0.1, 0.15) is 6.23 Å². The number of carbonyl (C=O) groups is 2. The Morgan fingerprint density at radius 3 is 2.17 bits per heavy atom. The Bertz CT molecular complexity index is 1660. The van der Waals surface area contributed by atoms with Crippen LogP contribution in [0.3, 0.4) is 0 Å². The van der Waals surface area contributed by atoms with Crippen molar-refractivity contribution >= 4 is 44.6 Å².